The zero-order chi connectivity index (χ0) is 22.8. The van der Waals surface area contributed by atoms with Crippen molar-refractivity contribution < 1.29 is 19.1 Å². The smallest absolute Gasteiger partial charge is 0.408 e. The van der Waals surface area contributed by atoms with Crippen LogP contribution in [0.1, 0.15) is 31.4 Å². The van der Waals surface area contributed by atoms with Crippen LogP contribution in [0.5, 0.6) is 0 Å². The highest BCUT2D eigenvalue weighted by Gasteiger charge is 2.27. The maximum atomic E-state index is 12.8. The monoisotopic (exact) mass is 446 g/mol. The number of primary amides is 1. The largest absolute Gasteiger partial charge is 0.445 e. The number of hydrogen-bond donors (Lipinski definition) is 3. The molecule has 2 atom stereocenters. The van der Waals surface area contributed by atoms with Gasteiger partial charge in [-0.3, -0.25) is 9.59 Å². The number of nitrogens with zero attached hydrogens (tertiary/aromatic N) is 1. The Bertz CT molecular complexity index is 875. The molecule has 0 spiro atoms. The second-order valence-electron chi connectivity index (χ2n) is 7.55. The van der Waals surface area contributed by atoms with Crippen molar-refractivity contribution in [1.29, 1.82) is 0 Å². The predicted molar refractivity (Wildman–Crippen MR) is 117 cm³/mol. The highest BCUT2D eigenvalue weighted by Crippen LogP contribution is 2.10. The summed E-state index contributed by atoms with van der Waals surface area (Å²) in [6, 6.07) is 10.6. The molecule has 0 radical (unpaired) electrons. The first-order chi connectivity index (χ1) is 14.7. The maximum absolute atomic E-state index is 12.8. The lowest BCUT2D eigenvalue weighted by atomic mass is 10.0. The average Bonchev–Trinajstić information content (AvgIpc) is 2.73. The zero-order valence-corrected chi connectivity index (χ0v) is 18.3. The summed E-state index contributed by atoms with van der Waals surface area (Å²) < 4.78 is 5.21. The van der Waals surface area contributed by atoms with Crippen LogP contribution in [-0.2, 0) is 27.4 Å². The molecule has 4 N–H and O–H groups in total. The summed E-state index contributed by atoms with van der Waals surface area (Å²) in [4.78, 5) is 40.9. The third-order valence-corrected chi connectivity index (χ3v) is 4.64. The first-order valence-corrected chi connectivity index (χ1v) is 10.3. The van der Waals surface area contributed by atoms with Crippen LogP contribution in [-0.4, -0.2) is 35.0 Å². The Morgan fingerprint density at radius 2 is 1.74 bits per heavy atom. The molecule has 0 unspecified atom stereocenters. The van der Waals surface area contributed by atoms with E-state index in [1.807, 2.05) is 44.2 Å². The number of amides is 3. The van der Waals surface area contributed by atoms with Crippen LogP contribution in [0.4, 0.5) is 4.79 Å². The van der Waals surface area contributed by atoms with Crippen molar-refractivity contribution in [3.63, 3.8) is 0 Å². The Labute approximate surface area is 186 Å². The number of rotatable bonds is 10. The number of ether oxygens (including phenoxy) is 1. The van der Waals surface area contributed by atoms with E-state index in [0.717, 1.165) is 5.56 Å². The van der Waals surface area contributed by atoms with Crippen LogP contribution in [0.25, 0.3) is 0 Å². The molecule has 1 aromatic carbocycles. The lowest BCUT2D eigenvalue weighted by Gasteiger charge is -2.23. The van der Waals surface area contributed by atoms with Crippen molar-refractivity contribution in [2.45, 2.75) is 45.4 Å². The third kappa shape index (κ3) is 8.64. The lowest BCUT2D eigenvalue weighted by molar-refractivity contribution is -0.128. The molecule has 0 aliphatic carbocycles. The number of carbonyl (C=O) groups is 3. The van der Waals surface area contributed by atoms with E-state index < -0.39 is 30.0 Å². The minimum atomic E-state index is -0.965. The van der Waals surface area contributed by atoms with E-state index in [2.05, 4.69) is 15.6 Å². The van der Waals surface area contributed by atoms with Gasteiger partial charge in [-0.05, 0) is 29.5 Å². The van der Waals surface area contributed by atoms with Crippen molar-refractivity contribution in [2.24, 2.45) is 11.7 Å². The summed E-state index contributed by atoms with van der Waals surface area (Å²) in [5.41, 5.74) is 6.98. The molecule has 8 nitrogen and oxygen atoms in total. The maximum Gasteiger partial charge on any atom is 0.408 e. The highest BCUT2D eigenvalue weighted by atomic mass is 35.5. The Balaban J connectivity index is 1.99. The standard InChI is InChI=1S/C22H27ClN4O4/c1-14(2)10-18(27-22(30)31-13-15-6-4-3-5-7-15)21(29)26-17(20(24)28)11-16-8-9-19(23)25-12-16/h3-9,12,14,17-18H,10-11,13H2,1-2H3,(H2,24,28)(H,26,29)(H,27,30)/t17-,18-/m0/s1. The molecule has 31 heavy (non-hydrogen) atoms. The number of carbonyl (C=O) groups excluding carboxylic acids is 3. The Morgan fingerprint density at radius 3 is 2.32 bits per heavy atom. The molecule has 166 valence electrons. The summed E-state index contributed by atoms with van der Waals surface area (Å²) >= 11 is 5.77. The normalized spacial score (nSPS) is 12.6. The quantitative estimate of drug-likeness (QED) is 0.484. The average molecular weight is 447 g/mol. The number of nitrogens with one attached hydrogen (secondary N) is 2. The number of alkyl carbamates (subject to hydrolysis) is 1. The van der Waals surface area contributed by atoms with Gasteiger partial charge in [-0.15, -0.1) is 0 Å². The Kier molecular flexibility index (Phi) is 9.27. The topological polar surface area (TPSA) is 123 Å². The van der Waals surface area contributed by atoms with Crippen LogP contribution in [0.2, 0.25) is 5.15 Å². The molecular formula is C22H27ClN4O4. The van der Waals surface area contributed by atoms with Crippen LogP contribution in [0, 0.1) is 5.92 Å². The van der Waals surface area contributed by atoms with Crippen molar-refractivity contribution in [3.05, 3.63) is 64.9 Å². The van der Waals surface area contributed by atoms with Gasteiger partial charge in [0.05, 0.1) is 0 Å². The van der Waals surface area contributed by atoms with Gasteiger partial charge in [-0.1, -0.05) is 61.8 Å². The SMILES string of the molecule is CC(C)C[C@H](NC(=O)OCc1ccccc1)C(=O)N[C@@H](Cc1ccc(Cl)nc1)C(N)=O. The number of aromatic nitrogens is 1. The molecule has 0 bridgehead atoms. The Hall–Kier alpha value is -3.13. The van der Waals surface area contributed by atoms with Crippen molar-refractivity contribution in [3.8, 4) is 0 Å². The molecule has 2 rings (SSSR count). The Morgan fingerprint density at radius 1 is 1.03 bits per heavy atom. The molecule has 0 aliphatic rings. The van der Waals surface area contributed by atoms with Gasteiger partial charge in [0, 0.05) is 12.6 Å². The highest BCUT2D eigenvalue weighted by molar-refractivity contribution is 6.29. The van der Waals surface area contributed by atoms with Crippen LogP contribution in [0.3, 0.4) is 0 Å². The van der Waals surface area contributed by atoms with Crippen molar-refractivity contribution in [1.82, 2.24) is 15.6 Å². The van der Waals surface area contributed by atoms with Gasteiger partial charge in [0.2, 0.25) is 11.8 Å². The van der Waals surface area contributed by atoms with Gasteiger partial charge in [0.15, 0.2) is 0 Å². The van der Waals surface area contributed by atoms with Gasteiger partial charge in [0.1, 0.15) is 23.8 Å². The van der Waals surface area contributed by atoms with E-state index in [9.17, 15) is 14.4 Å². The molecule has 0 saturated heterocycles. The first-order valence-electron chi connectivity index (χ1n) is 9.92. The molecule has 3 amide bonds. The number of benzene rings is 1. The second kappa shape index (κ2) is 11.9. The van der Waals surface area contributed by atoms with Gasteiger partial charge < -0.3 is 21.1 Å². The summed E-state index contributed by atoms with van der Waals surface area (Å²) in [7, 11) is 0. The summed E-state index contributed by atoms with van der Waals surface area (Å²) in [5.74, 6) is -1.10. The molecular weight excluding hydrogens is 420 g/mol. The lowest BCUT2D eigenvalue weighted by Crippen LogP contribution is -2.54. The van der Waals surface area contributed by atoms with E-state index >= 15 is 0 Å². The zero-order valence-electron chi connectivity index (χ0n) is 17.5. The van der Waals surface area contributed by atoms with E-state index in [1.54, 1.807) is 12.1 Å². The van der Waals surface area contributed by atoms with Gasteiger partial charge in [0.25, 0.3) is 0 Å². The van der Waals surface area contributed by atoms with E-state index in [0.29, 0.717) is 17.1 Å². The molecule has 1 heterocycles. The van der Waals surface area contributed by atoms with E-state index in [1.165, 1.54) is 6.20 Å². The fraction of sp³-hybridized carbons (Fsp3) is 0.364. The van der Waals surface area contributed by atoms with Crippen LogP contribution in [0.15, 0.2) is 48.7 Å². The van der Waals surface area contributed by atoms with Crippen LogP contribution < -0.4 is 16.4 Å². The summed E-state index contributed by atoms with van der Waals surface area (Å²) in [5, 5.41) is 5.52. The summed E-state index contributed by atoms with van der Waals surface area (Å²) in [6.07, 6.45) is 1.30. The molecule has 1 aromatic heterocycles. The molecule has 2 aromatic rings. The molecule has 9 heteroatoms. The third-order valence-electron chi connectivity index (χ3n) is 4.42. The first kappa shape index (κ1) is 24.1. The molecule has 0 fully saturated rings. The number of halogens is 1. The van der Waals surface area contributed by atoms with E-state index in [-0.39, 0.29) is 18.9 Å². The number of nitrogens with two attached hydrogens (primary N) is 1. The molecule has 0 saturated carbocycles. The van der Waals surface area contributed by atoms with Crippen molar-refractivity contribution in [2.75, 3.05) is 0 Å². The fourth-order valence-corrected chi connectivity index (χ4v) is 2.98. The van der Waals surface area contributed by atoms with E-state index in [4.69, 9.17) is 22.1 Å². The molecule has 0 aliphatic heterocycles. The second-order valence-corrected chi connectivity index (χ2v) is 7.93. The number of hydrogen-bond acceptors (Lipinski definition) is 5. The van der Waals surface area contributed by atoms with Gasteiger partial charge in [-0.25, -0.2) is 9.78 Å². The number of pyridine rings is 1. The predicted octanol–water partition coefficient (Wildman–Crippen LogP) is 2.59. The van der Waals surface area contributed by atoms with Gasteiger partial charge >= 0.3 is 6.09 Å². The summed E-state index contributed by atoms with van der Waals surface area (Å²) in [6.45, 7) is 3.92. The van der Waals surface area contributed by atoms with Gasteiger partial charge in [-0.2, -0.15) is 0 Å². The minimum absolute atomic E-state index is 0.0795. The minimum Gasteiger partial charge on any atom is -0.445 e. The van der Waals surface area contributed by atoms with Crippen LogP contribution >= 0.6 is 11.6 Å². The fourth-order valence-electron chi connectivity index (χ4n) is 2.87. The van der Waals surface area contributed by atoms with Crippen molar-refractivity contribution >= 4 is 29.5 Å².